The van der Waals surface area contributed by atoms with E-state index in [4.69, 9.17) is 4.74 Å². The summed E-state index contributed by atoms with van der Waals surface area (Å²) in [5.41, 5.74) is 2.57. The van der Waals surface area contributed by atoms with Gasteiger partial charge in [0.05, 0.1) is 16.8 Å². The number of ether oxygens (including phenoxy) is 1. The van der Waals surface area contributed by atoms with Crippen LogP contribution < -0.4 is 10.1 Å². The van der Waals surface area contributed by atoms with Crippen LogP contribution in [0.3, 0.4) is 0 Å². The van der Waals surface area contributed by atoms with Gasteiger partial charge in [-0.3, -0.25) is 4.79 Å². The van der Waals surface area contributed by atoms with Crippen molar-refractivity contribution in [1.29, 1.82) is 0 Å². The zero-order chi connectivity index (χ0) is 15.5. The molecule has 4 nitrogen and oxygen atoms in total. The highest BCUT2D eigenvalue weighted by Crippen LogP contribution is 2.26. The van der Waals surface area contributed by atoms with Crippen molar-refractivity contribution in [3.63, 3.8) is 0 Å². The highest BCUT2D eigenvalue weighted by molar-refractivity contribution is 7.17. The second kappa shape index (κ2) is 6.23. The van der Waals surface area contributed by atoms with Gasteiger partial charge in [-0.05, 0) is 55.6 Å². The first-order chi connectivity index (χ1) is 10.7. The van der Waals surface area contributed by atoms with E-state index in [9.17, 15) is 4.79 Å². The summed E-state index contributed by atoms with van der Waals surface area (Å²) in [5, 5.41) is 4.99. The van der Waals surface area contributed by atoms with Gasteiger partial charge in [0.2, 0.25) is 0 Å². The number of hydrogen-bond donors (Lipinski definition) is 1. The molecule has 3 aromatic rings. The Hall–Kier alpha value is -2.27. The molecule has 0 saturated heterocycles. The third-order valence-electron chi connectivity index (χ3n) is 3.49. The molecule has 0 saturated carbocycles. The van der Waals surface area contributed by atoms with Crippen molar-refractivity contribution in [3.05, 3.63) is 47.5 Å². The molecule has 3 rings (SSSR count). The largest absolute Gasteiger partial charge is 0.494 e. The van der Waals surface area contributed by atoms with Gasteiger partial charge in [0.1, 0.15) is 11.4 Å². The summed E-state index contributed by atoms with van der Waals surface area (Å²) >= 11 is 1.65. The summed E-state index contributed by atoms with van der Waals surface area (Å²) in [6.45, 7) is 5.39. The monoisotopic (exact) mass is 314 g/mol. The molecule has 0 bridgehead atoms. The molecule has 1 amide bonds. The average molecular weight is 314 g/mol. The van der Waals surface area contributed by atoms with E-state index in [2.05, 4.69) is 11.4 Å². The number of nitrogens with one attached hydrogen (secondary N) is 1. The van der Waals surface area contributed by atoms with Crippen molar-refractivity contribution in [3.8, 4) is 5.75 Å². The van der Waals surface area contributed by atoms with Crippen LogP contribution in [0.5, 0.6) is 5.75 Å². The molecule has 0 fully saturated rings. The molecular weight excluding hydrogens is 296 g/mol. The van der Waals surface area contributed by atoms with E-state index < -0.39 is 0 Å². The molecular formula is C17H18N2O2S. The summed E-state index contributed by atoms with van der Waals surface area (Å²) in [6, 6.07) is 11.4. The van der Waals surface area contributed by atoms with E-state index in [0.717, 1.165) is 28.2 Å². The van der Waals surface area contributed by atoms with Crippen molar-refractivity contribution in [2.24, 2.45) is 0 Å². The van der Waals surface area contributed by atoms with Crippen LogP contribution in [0.15, 0.2) is 41.8 Å². The molecule has 22 heavy (non-hydrogen) atoms. The third kappa shape index (κ3) is 2.72. The molecule has 0 aliphatic heterocycles. The molecule has 0 unspecified atom stereocenters. The lowest BCUT2D eigenvalue weighted by molar-refractivity contribution is 0.101. The Morgan fingerprint density at radius 2 is 2.00 bits per heavy atom. The molecule has 0 spiro atoms. The Kier molecular flexibility index (Phi) is 4.15. The number of fused-ring (bicyclic) bond motifs is 1. The van der Waals surface area contributed by atoms with Gasteiger partial charge in [-0.15, -0.1) is 11.3 Å². The first-order valence-electron chi connectivity index (χ1n) is 7.34. The summed E-state index contributed by atoms with van der Waals surface area (Å²) < 4.78 is 8.58. The predicted octanol–water partition coefficient (Wildman–Crippen LogP) is 4.37. The lowest BCUT2D eigenvalue weighted by Crippen LogP contribution is -2.16. The van der Waals surface area contributed by atoms with Crippen molar-refractivity contribution in [1.82, 2.24) is 4.57 Å². The summed E-state index contributed by atoms with van der Waals surface area (Å²) in [6.07, 6.45) is 0. The zero-order valence-corrected chi connectivity index (χ0v) is 13.4. The number of thiophene rings is 1. The fourth-order valence-corrected chi connectivity index (χ4v) is 3.32. The normalized spacial score (nSPS) is 10.8. The number of amides is 1. The van der Waals surface area contributed by atoms with Crippen LogP contribution in [0, 0.1) is 0 Å². The number of benzene rings is 1. The smallest absolute Gasteiger partial charge is 0.272 e. The number of aromatic nitrogens is 1. The maximum Gasteiger partial charge on any atom is 0.272 e. The topological polar surface area (TPSA) is 43.3 Å². The lowest BCUT2D eigenvalue weighted by Gasteiger charge is -2.09. The molecule has 0 atom stereocenters. The molecule has 1 N–H and O–H groups in total. The Morgan fingerprint density at radius 1 is 1.23 bits per heavy atom. The van der Waals surface area contributed by atoms with Crippen LogP contribution in [0.1, 0.15) is 24.3 Å². The molecule has 5 heteroatoms. The molecule has 114 valence electrons. The third-order valence-corrected chi connectivity index (χ3v) is 4.35. The molecule has 1 aromatic carbocycles. The van der Waals surface area contributed by atoms with E-state index in [1.807, 2.05) is 54.1 Å². The van der Waals surface area contributed by atoms with E-state index in [-0.39, 0.29) is 5.91 Å². The van der Waals surface area contributed by atoms with E-state index >= 15 is 0 Å². The average Bonchev–Trinajstić information content (AvgIpc) is 3.09. The number of carbonyl (C=O) groups is 1. The Labute approximate surface area is 133 Å². The standard InChI is InChI=1S/C17H18N2O2S/c1-3-19-14-9-10-22-16(14)11-15(19)17(20)18-12-5-7-13(8-6-12)21-4-2/h5-11H,3-4H2,1-2H3,(H,18,20). The minimum absolute atomic E-state index is 0.0885. The van der Waals surface area contributed by atoms with Gasteiger partial charge in [-0.25, -0.2) is 0 Å². The van der Waals surface area contributed by atoms with Crippen molar-refractivity contribution < 1.29 is 9.53 Å². The molecule has 2 heterocycles. The maximum atomic E-state index is 12.5. The van der Waals surface area contributed by atoms with Crippen molar-refractivity contribution in [2.75, 3.05) is 11.9 Å². The summed E-state index contributed by atoms with van der Waals surface area (Å²) in [7, 11) is 0. The van der Waals surface area contributed by atoms with Gasteiger partial charge in [0.15, 0.2) is 0 Å². The quantitative estimate of drug-likeness (QED) is 0.759. The number of anilines is 1. The van der Waals surface area contributed by atoms with Crippen LogP contribution in [-0.4, -0.2) is 17.1 Å². The van der Waals surface area contributed by atoms with Gasteiger partial charge in [0, 0.05) is 12.2 Å². The molecule has 0 radical (unpaired) electrons. The summed E-state index contributed by atoms with van der Waals surface area (Å²) in [4.78, 5) is 12.5. The second-order valence-corrected chi connectivity index (χ2v) is 5.80. The van der Waals surface area contributed by atoms with Gasteiger partial charge in [0.25, 0.3) is 5.91 Å². The molecule has 0 aliphatic rings. The fourth-order valence-electron chi connectivity index (χ4n) is 2.50. The van der Waals surface area contributed by atoms with Crippen LogP contribution in [0.25, 0.3) is 10.2 Å². The van der Waals surface area contributed by atoms with E-state index in [0.29, 0.717) is 12.3 Å². The maximum absolute atomic E-state index is 12.5. The predicted molar refractivity (Wildman–Crippen MR) is 91.1 cm³/mol. The number of aryl methyl sites for hydroxylation is 1. The van der Waals surface area contributed by atoms with Crippen LogP contribution in [0.2, 0.25) is 0 Å². The number of nitrogens with zero attached hydrogens (tertiary/aromatic N) is 1. The fraction of sp³-hybridized carbons (Fsp3) is 0.235. The minimum Gasteiger partial charge on any atom is -0.494 e. The van der Waals surface area contributed by atoms with Gasteiger partial charge < -0.3 is 14.6 Å². The SMILES string of the molecule is CCOc1ccc(NC(=O)c2cc3sccc3n2CC)cc1. The lowest BCUT2D eigenvalue weighted by atomic mass is 10.3. The van der Waals surface area contributed by atoms with Crippen molar-refractivity contribution >= 4 is 33.1 Å². The zero-order valence-electron chi connectivity index (χ0n) is 12.6. The highest BCUT2D eigenvalue weighted by Gasteiger charge is 2.15. The van der Waals surface area contributed by atoms with Gasteiger partial charge in [-0.1, -0.05) is 0 Å². The number of carbonyl (C=O) groups excluding carboxylic acids is 1. The second-order valence-electron chi connectivity index (χ2n) is 4.86. The van der Waals surface area contributed by atoms with Crippen LogP contribution >= 0.6 is 11.3 Å². The Morgan fingerprint density at radius 3 is 2.68 bits per heavy atom. The first-order valence-corrected chi connectivity index (χ1v) is 8.21. The van der Waals surface area contributed by atoms with E-state index in [1.54, 1.807) is 11.3 Å². The van der Waals surface area contributed by atoms with Gasteiger partial charge in [-0.2, -0.15) is 0 Å². The van der Waals surface area contributed by atoms with Crippen LogP contribution in [-0.2, 0) is 6.54 Å². The summed E-state index contributed by atoms with van der Waals surface area (Å²) in [5.74, 6) is 0.715. The number of rotatable bonds is 5. The molecule has 2 aromatic heterocycles. The highest BCUT2D eigenvalue weighted by atomic mass is 32.1. The van der Waals surface area contributed by atoms with Crippen LogP contribution in [0.4, 0.5) is 5.69 Å². The van der Waals surface area contributed by atoms with E-state index in [1.165, 1.54) is 0 Å². The molecule has 0 aliphatic carbocycles. The Bertz CT molecular complexity index is 787. The minimum atomic E-state index is -0.0885. The number of hydrogen-bond acceptors (Lipinski definition) is 3. The van der Waals surface area contributed by atoms with Gasteiger partial charge >= 0.3 is 0 Å². The van der Waals surface area contributed by atoms with Crippen molar-refractivity contribution in [2.45, 2.75) is 20.4 Å². The Balaban J connectivity index is 1.82. The first kappa shape index (κ1) is 14.7.